The molecule has 0 amide bonds. The fourth-order valence-electron chi connectivity index (χ4n) is 1.67. The maximum Gasteiger partial charge on any atom is 0.137 e. The minimum Gasteiger partial charge on any atom is -0.313 e. The van der Waals surface area contributed by atoms with Crippen molar-refractivity contribution in [2.45, 2.75) is 22.8 Å². The molecule has 0 spiro atoms. The maximum absolute atomic E-state index is 13.5. The molecule has 0 saturated heterocycles. The van der Waals surface area contributed by atoms with E-state index in [4.69, 9.17) is 0 Å². The summed E-state index contributed by atoms with van der Waals surface area (Å²) in [6, 6.07) is 11.6. The summed E-state index contributed by atoms with van der Waals surface area (Å²) >= 11 is 1.22. The zero-order valence-electron chi connectivity index (χ0n) is 10.8. The van der Waals surface area contributed by atoms with Crippen LogP contribution in [0.3, 0.4) is 0 Å². The van der Waals surface area contributed by atoms with Crippen LogP contribution < -0.4 is 5.32 Å². The fraction of sp³-hybridized carbons (Fsp3) is 0.200. The maximum atomic E-state index is 13.5. The lowest BCUT2D eigenvalue weighted by Gasteiger charge is -2.11. The Bertz CT molecular complexity index is 555. The minimum absolute atomic E-state index is 0.268. The van der Waals surface area contributed by atoms with E-state index < -0.39 is 11.6 Å². The Morgan fingerprint density at radius 2 is 1.74 bits per heavy atom. The molecule has 0 bridgehead atoms. The third-order valence-electron chi connectivity index (χ3n) is 2.93. The highest BCUT2D eigenvalue weighted by Gasteiger charge is 2.07. The van der Waals surface area contributed by atoms with Crippen molar-refractivity contribution in [2.24, 2.45) is 0 Å². The first-order valence-corrected chi connectivity index (χ1v) is 6.82. The second-order valence-electron chi connectivity index (χ2n) is 4.26. The van der Waals surface area contributed by atoms with E-state index in [1.54, 1.807) is 0 Å². The van der Waals surface area contributed by atoms with Gasteiger partial charge >= 0.3 is 0 Å². The molecule has 19 heavy (non-hydrogen) atoms. The summed E-state index contributed by atoms with van der Waals surface area (Å²) in [5.74, 6) is -0.830. The Labute approximate surface area is 116 Å². The third kappa shape index (κ3) is 3.55. The van der Waals surface area contributed by atoms with Crippen LogP contribution in [0.15, 0.2) is 52.3 Å². The second-order valence-corrected chi connectivity index (χ2v) is 5.37. The van der Waals surface area contributed by atoms with Crippen molar-refractivity contribution >= 4 is 11.8 Å². The molecule has 1 nitrogen and oxygen atoms in total. The van der Waals surface area contributed by atoms with Gasteiger partial charge < -0.3 is 5.32 Å². The van der Waals surface area contributed by atoms with Crippen molar-refractivity contribution < 1.29 is 8.78 Å². The summed E-state index contributed by atoms with van der Waals surface area (Å²) in [7, 11) is 1.90. The van der Waals surface area contributed by atoms with Gasteiger partial charge in [0.2, 0.25) is 0 Å². The van der Waals surface area contributed by atoms with E-state index in [1.165, 1.54) is 17.8 Å². The zero-order chi connectivity index (χ0) is 13.8. The van der Waals surface area contributed by atoms with E-state index in [1.807, 2.05) is 31.3 Å². The topological polar surface area (TPSA) is 12.0 Å². The average Bonchev–Trinajstić information content (AvgIpc) is 2.43. The molecule has 2 aromatic carbocycles. The van der Waals surface area contributed by atoms with Crippen LogP contribution in [-0.2, 0) is 0 Å². The fourth-order valence-corrected chi connectivity index (χ4v) is 2.54. The molecular formula is C15H15F2NS. The smallest absolute Gasteiger partial charge is 0.137 e. The third-order valence-corrected chi connectivity index (χ3v) is 3.97. The van der Waals surface area contributed by atoms with Crippen LogP contribution in [0, 0.1) is 11.6 Å². The van der Waals surface area contributed by atoms with Gasteiger partial charge in [-0.15, -0.1) is 0 Å². The van der Waals surface area contributed by atoms with Crippen LogP contribution in [0.1, 0.15) is 18.5 Å². The molecule has 2 rings (SSSR count). The number of benzene rings is 2. The quantitative estimate of drug-likeness (QED) is 0.890. The van der Waals surface area contributed by atoms with Crippen molar-refractivity contribution in [3.05, 3.63) is 59.7 Å². The number of rotatable bonds is 4. The molecule has 0 aromatic heterocycles. The summed E-state index contributed by atoms with van der Waals surface area (Å²) < 4.78 is 26.6. The molecule has 0 aliphatic rings. The van der Waals surface area contributed by atoms with Gasteiger partial charge in [0.05, 0.1) is 4.90 Å². The largest absolute Gasteiger partial charge is 0.313 e. The van der Waals surface area contributed by atoms with Crippen LogP contribution in [0.4, 0.5) is 8.78 Å². The SMILES string of the molecule is CNC(C)c1ccc(Sc2cc(F)ccc2F)cc1. The zero-order valence-corrected chi connectivity index (χ0v) is 11.6. The molecule has 4 heteroatoms. The lowest BCUT2D eigenvalue weighted by atomic mass is 10.1. The van der Waals surface area contributed by atoms with Gasteiger partial charge in [-0.05, 0) is 49.9 Å². The lowest BCUT2D eigenvalue weighted by molar-refractivity contribution is 0.577. The number of hydrogen-bond acceptors (Lipinski definition) is 2. The molecule has 0 radical (unpaired) electrons. The molecular weight excluding hydrogens is 264 g/mol. The predicted octanol–water partition coefficient (Wildman–Crippen LogP) is 4.40. The van der Waals surface area contributed by atoms with Gasteiger partial charge in [-0.1, -0.05) is 23.9 Å². The Kier molecular flexibility index (Phi) is 4.56. The van der Waals surface area contributed by atoms with Crippen LogP contribution in [0.5, 0.6) is 0 Å². The van der Waals surface area contributed by atoms with Crippen molar-refractivity contribution in [2.75, 3.05) is 7.05 Å². The highest BCUT2D eigenvalue weighted by molar-refractivity contribution is 7.99. The van der Waals surface area contributed by atoms with Gasteiger partial charge in [0.1, 0.15) is 11.6 Å². The molecule has 0 heterocycles. The second kappa shape index (κ2) is 6.17. The van der Waals surface area contributed by atoms with Crippen LogP contribution in [0.2, 0.25) is 0 Å². The van der Waals surface area contributed by atoms with Gasteiger partial charge in [-0.25, -0.2) is 8.78 Å². The van der Waals surface area contributed by atoms with Gasteiger partial charge in [0.25, 0.3) is 0 Å². The Balaban J connectivity index is 2.17. The monoisotopic (exact) mass is 279 g/mol. The lowest BCUT2D eigenvalue weighted by Crippen LogP contribution is -2.11. The van der Waals surface area contributed by atoms with Crippen LogP contribution in [-0.4, -0.2) is 7.05 Å². The van der Waals surface area contributed by atoms with Gasteiger partial charge in [-0.2, -0.15) is 0 Å². The summed E-state index contributed by atoms with van der Waals surface area (Å²) in [4.78, 5) is 1.19. The van der Waals surface area contributed by atoms with Crippen molar-refractivity contribution in [3.63, 3.8) is 0 Å². The average molecular weight is 279 g/mol. The summed E-state index contributed by atoms with van der Waals surface area (Å²) in [5.41, 5.74) is 1.16. The predicted molar refractivity (Wildman–Crippen MR) is 74.4 cm³/mol. The Morgan fingerprint density at radius 3 is 2.37 bits per heavy atom. The normalized spacial score (nSPS) is 12.4. The Hall–Kier alpha value is -1.39. The van der Waals surface area contributed by atoms with E-state index in [9.17, 15) is 8.78 Å². The first kappa shape index (κ1) is 14.0. The van der Waals surface area contributed by atoms with E-state index in [2.05, 4.69) is 12.2 Å². The molecule has 0 aliphatic carbocycles. The minimum atomic E-state index is -0.427. The molecule has 0 aliphatic heterocycles. The van der Waals surface area contributed by atoms with Crippen LogP contribution >= 0.6 is 11.8 Å². The van der Waals surface area contributed by atoms with E-state index in [0.29, 0.717) is 4.90 Å². The molecule has 1 N–H and O–H groups in total. The molecule has 1 unspecified atom stereocenters. The van der Waals surface area contributed by atoms with Crippen molar-refractivity contribution in [3.8, 4) is 0 Å². The molecule has 100 valence electrons. The molecule has 2 aromatic rings. The Morgan fingerprint density at radius 1 is 1.05 bits per heavy atom. The van der Waals surface area contributed by atoms with Gasteiger partial charge in [-0.3, -0.25) is 0 Å². The molecule has 1 atom stereocenters. The first-order valence-electron chi connectivity index (χ1n) is 6.00. The number of hydrogen-bond donors (Lipinski definition) is 1. The highest BCUT2D eigenvalue weighted by atomic mass is 32.2. The molecule has 0 fully saturated rings. The van der Waals surface area contributed by atoms with E-state index in [-0.39, 0.29) is 6.04 Å². The van der Waals surface area contributed by atoms with Crippen molar-refractivity contribution in [1.82, 2.24) is 5.32 Å². The number of halogens is 2. The van der Waals surface area contributed by atoms with Crippen molar-refractivity contribution in [1.29, 1.82) is 0 Å². The van der Waals surface area contributed by atoms with E-state index in [0.717, 1.165) is 22.6 Å². The molecule has 0 saturated carbocycles. The number of nitrogens with one attached hydrogen (secondary N) is 1. The standard InChI is InChI=1S/C15H15F2NS/c1-10(18-2)11-3-6-13(7-4-11)19-15-9-12(16)5-8-14(15)17/h3-10,18H,1-2H3. The highest BCUT2D eigenvalue weighted by Crippen LogP contribution is 2.31. The summed E-state index contributed by atoms with van der Waals surface area (Å²) in [5, 5.41) is 3.15. The van der Waals surface area contributed by atoms with Gasteiger partial charge in [0, 0.05) is 10.9 Å². The summed E-state index contributed by atoms with van der Waals surface area (Å²) in [6.45, 7) is 2.06. The van der Waals surface area contributed by atoms with Gasteiger partial charge in [0.15, 0.2) is 0 Å². The van der Waals surface area contributed by atoms with E-state index >= 15 is 0 Å². The van der Waals surface area contributed by atoms with Crippen LogP contribution in [0.25, 0.3) is 0 Å². The summed E-state index contributed by atoms with van der Waals surface area (Å²) in [6.07, 6.45) is 0. The first-order chi connectivity index (χ1) is 9.10.